The Hall–Kier alpha value is -1.73. The number of likely N-dealkylation sites (N-methyl/N-ethyl adjacent to an activating group) is 1. The molecule has 0 aliphatic carbocycles. The van der Waals surface area contributed by atoms with E-state index < -0.39 is 17.9 Å². The molecule has 0 saturated heterocycles. The predicted octanol–water partition coefficient (Wildman–Crippen LogP) is 3.05. The van der Waals surface area contributed by atoms with Crippen LogP contribution in [-0.2, 0) is 0 Å². The van der Waals surface area contributed by atoms with Crippen LogP contribution >= 0.6 is 0 Å². The fourth-order valence-corrected chi connectivity index (χ4v) is 1.20. The van der Waals surface area contributed by atoms with Crippen LogP contribution in [0.15, 0.2) is 42.2 Å². The molecule has 1 aromatic rings. The summed E-state index contributed by atoms with van der Waals surface area (Å²) in [5.41, 5.74) is 0.659. The van der Waals surface area contributed by atoms with E-state index in [2.05, 4.69) is 11.8 Å². The van der Waals surface area contributed by atoms with Gasteiger partial charge in [-0.3, -0.25) is 4.90 Å². The first-order valence-corrected chi connectivity index (χ1v) is 4.96. The summed E-state index contributed by atoms with van der Waals surface area (Å²) in [7, 11) is 2.99. The minimum absolute atomic E-state index is 0.659. The quantitative estimate of drug-likeness (QED) is 0.717. The lowest BCUT2D eigenvalue weighted by Crippen LogP contribution is -2.27. The van der Waals surface area contributed by atoms with Gasteiger partial charge >= 0.3 is 6.08 Å². The summed E-state index contributed by atoms with van der Waals surface area (Å²) in [4.78, 5) is 1.30. The Balaban J connectivity index is 2.98. The summed E-state index contributed by atoms with van der Waals surface area (Å²) < 4.78 is 37.5. The van der Waals surface area contributed by atoms with E-state index in [-0.39, 0.29) is 0 Å². The Morgan fingerprint density at radius 3 is 2.18 bits per heavy atom. The van der Waals surface area contributed by atoms with Gasteiger partial charge in [0, 0.05) is 5.56 Å². The van der Waals surface area contributed by atoms with Gasteiger partial charge in [0.25, 0.3) is 0 Å². The molecule has 1 nitrogen and oxygen atoms in total. The highest BCUT2D eigenvalue weighted by Gasteiger charge is 2.19. The van der Waals surface area contributed by atoms with Gasteiger partial charge in [-0.1, -0.05) is 30.0 Å². The maximum atomic E-state index is 13.1. The highest BCUT2D eigenvalue weighted by atomic mass is 19.3. The molecule has 1 unspecified atom stereocenters. The molecular formula is C13H12F3N. The van der Waals surface area contributed by atoms with E-state index in [1.54, 1.807) is 24.3 Å². The van der Waals surface area contributed by atoms with Gasteiger partial charge < -0.3 is 0 Å². The smallest absolute Gasteiger partial charge is 0.290 e. The second-order valence-corrected chi connectivity index (χ2v) is 3.61. The number of halogens is 3. The molecule has 1 atom stereocenters. The lowest BCUT2D eigenvalue weighted by Gasteiger charge is -2.15. The van der Waals surface area contributed by atoms with Crippen LogP contribution in [0.2, 0.25) is 0 Å². The topological polar surface area (TPSA) is 3.24 Å². The molecule has 4 heteroatoms. The van der Waals surface area contributed by atoms with Gasteiger partial charge in [-0.2, -0.15) is 8.78 Å². The molecule has 0 heterocycles. The van der Waals surface area contributed by atoms with Gasteiger partial charge in [0.1, 0.15) is 6.04 Å². The van der Waals surface area contributed by atoms with Gasteiger partial charge in [0.05, 0.1) is 0 Å². The Kier molecular flexibility index (Phi) is 4.80. The molecule has 0 fully saturated rings. The first kappa shape index (κ1) is 13.3. The van der Waals surface area contributed by atoms with Crippen LogP contribution in [-0.4, -0.2) is 25.0 Å². The third-order valence-electron chi connectivity index (χ3n) is 2.06. The minimum Gasteiger partial charge on any atom is -0.290 e. The molecule has 0 bridgehead atoms. The number of nitrogens with zero attached hydrogens (tertiary/aromatic N) is 1. The van der Waals surface area contributed by atoms with Gasteiger partial charge in [-0.05, 0) is 26.2 Å². The Bertz CT molecular complexity index is 451. The predicted molar refractivity (Wildman–Crippen MR) is 61.1 cm³/mol. The minimum atomic E-state index is -2.33. The third-order valence-corrected chi connectivity index (χ3v) is 2.06. The van der Waals surface area contributed by atoms with Crippen molar-refractivity contribution >= 4 is 0 Å². The Labute approximate surface area is 98.6 Å². The monoisotopic (exact) mass is 239 g/mol. The largest absolute Gasteiger partial charge is 0.304 e. The van der Waals surface area contributed by atoms with E-state index in [4.69, 9.17) is 0 Å². The average molecular weight is 239 g/mol. The van der Waals surface area contributed by atoms with E-state index in [9.17, 15) is 13.2 Å². The fraction of sp³-hybridized carbons (Fsp3) is 0.231. The lowest BCUT2D eigenvalue weighted by atomic mass is 10.2. The molecule has 0 N–H and O–H groups in total. The molecule has 0 aliphatic rings. The fourth-order valence-electron chi connectivity index (χ4n) is 1.20. The van der Waals surface area contributed by atoms with E-state index in [0.717, 1.165) is 0 Å². The van der Waals surface area contributed by atoms with Gasteiger partial charge in [-0.15, -0.1) is 0 Å². The molecule has 1 aromatic carbocycles. The van der Waals surface area contributed by atoms with Gasteiger partial charge in [0.15, 0.2) is 5.83 Å². The van der Waals surface area contributed by atoms with E-state index in [0.29, 0.717) is 5.56 Å². The van der Waals surface area contributed by atoms with Crippen molar-refractivity contribution in [2.75, 3.05) is 14.1 Å². The van der Waals surface area contributed by atoms with Crippen molar-refractivity contribution < 1.29 is 13.2 Å². The summed E-state index contributed by atoms with van der Waals surface area (Å²) in [5.74, 6) is 3.64. The second-order valence-electron chi connectivity index (χ2n) is 3.61. The SMILES string of the molecule is CN(C)C(C#Cc1ccccc1)C(F)=C(F)F. The number of rotatable bonds is 2. The molecule has 0 aliphatic heterocycles. The van der Waals surface area contributed by atoms with Crippen molar-refractivity contribution in [1.29, 1.82) is 0 Å². The van der Waals surface area contributed by atoms with Crippen LogP contribution in [0, 0.1) is 11.8 Å². The second kappa shape index (κ2) is 6.12. The molecular weight excluding hydrogens is 227 g/mol. The molecule has 0 saturated carbocycles. The van der Waals surface area contributed by atoms with Gasteiger partial charge in [0.2, 0.25) is 0 Å². The molecule has 90 valence electrons. The molecule has 1 rings (SSSR count). The number of hydrogen-bond acceptors (Lipinski definition) is 1. The molecule has 0 spiro atoms. The van der Waals surface area contributed by atoms with Crippen LogP contribution in [0.3, 0.4) is 0 Å². The maximum Gasteiger partial charge on any atom is 0.304 e. The summed E-state index contributed by atoms with van der Waals surface area (Å²) in [6.07, 6.45) is -2.33. The zero-order chi connectivity index (χ0) is 12.8. The van der Waals surface area contributed by atoms with Crippen LogP contribution in [0.4, 0.5) is 13.2 Å². The summed E-state index contributed by atoms with van der Waals surface area (Å²) >= 11 is 0. The number of hydrogen-bond donors (Lipinski definition) is 0. The average Bonchev–Trinajstić information content (AvgIpc) is 2.29. The Morgan fingerprint density at radius 2 is 1.71 bits per heavy atom. The lowest BCUT2D eigenvalue weighted by molar-refractivity contribution is 0.300. The molecule has 17 heavy (non-hydrogen) atoms. The summed E-state index contributed by atoms with van der Waals surface area (Å²) in [6.45, 7) is 0. The van der Waals surface area contributed by atoms with Crippen molar-refractivity contribution in [2.45, 2.75) is 6.04 Å². The van der Waals surface area contributed by atoms with Crippen LogP contribution < -0.4 is 0 Å². The number of benzene rings is 1. The van der Waals surface area contributed by atoms with E-state index in [1.807, 2.05) is 6.07 Å². The van der Waals surface area contributed by atoms with Crippen molar-refractivity contribution in [3.05, 3.63) is 47.8 Å². The standard InChI is InChI=1S/C13H12F3N/c1-17(2)11(12(14)13(15)16)9-8-10-6-4-3-5-7-10/h3-7,11H,1-2H3. The highest BCUT2D eigenvalue weighted by Crippen LogP contribution is 2.16. The zero-order valence-electron chi connectivity index (χ0n) is 9.55. The van der Waals surface area contributed by atoms with Crippen LogP contribution in [0.25, 0.3) is 0 Å². The Morgan fingerprint density at radius 1 is 1.12 bits per heavy atom. The van der Waals surface area contributed by atoms with Crippen molar-refractivity contribution in [3.63, 3.8) is 0 Å². The maximum absolute atomic E-state index is 13.1. The molecule has 0 radical (unpaired) electrons. The first-order valence-electron chi connectivity index (χ1n) is 4.96. The highest BCUT2D eigenvalue weighted by molar-refractivity contribution is 5.36. The first-order chi connectivity index (χ1) is 8.02. The van der Waals surface area contributed by atoms with Crippen LogP contribution in [0.5, 0.6) is 0 Å². The summed E-state index contributed by atoms with van der Waals surface area (Å²) in [5, 5.41) is 0. The molecule has 0 aromatic heterocycles. The van der Waals surface area contributed by atoms with E-state index >= 15 is 0 Å². The molecule has 0 amide bonds. The normalized spacial score (nSPS) is 11.6. The van der Waals surface area contributed by atoms with Gasteiger partial charge in [-0.25, -0.2) is 4.39 Å². The van der Waals surface area contributed by atoms with Crippen LogP contribution in [0.1, 0.15) is 5.56 Å². The van der Waals surface area contributed by atoms with Crippen molar-refractivity contribution in [3.8, 4) is 11.8 Å². The van der Waals surface area contributed by atoms with Crippen molar-refractivity contribution in [2.24, 2.45) is 0 Å². The summed E-state index contributed by atoms with van der Waals surface area (Å²) in [6, 6.07) is 7.60. The van der Waals surface area contributed by atoms with Crippen molar-refractivity contribution in [1.82, 2.24) is 4.90 Å². The van der Waals surface area contributed by atoms with E-state index in [1.165, 1.54) is 19.0 Å². The zero-order valence-corrected chi connectivity index (χ0v) is 9.55. The third kappa shape index (κ3) is 3.97.